The zero-order valence-electron chi connectivity index (χ0n) is 11.1. The Kier molecular flexibility index (Phi) is 3.49. The fourth-order valence-corrected chi connectivity index (χ4v) is 4.60. The van der Waals surface area contributed by atoms with Crippen LogP contribution >= 0.6 is 0 Å². The molecule has 1 aliphatic rings. The molecule has 1 atom stereocenters. The van der Waals surface area contributed by atoms with Crippen molar-refractivity contribution in [1.29, 1.82) is 0 Å². The molecule has 0 bridgehead atoms. The normalized spacial score (nSPS) is 21.4. The van der Waals surface area contributed by atoms with E-state index in [9.17, 15) is 8.42 Å². The van der Waals surface area contributed by atoms with Crippen LogP contribution in [0, 0.1) is 20.8 Å². The molecule has 0 amide bonds. The second-order valence-corrected chi connectivity index (χ2v) is 7.01. The summed E-state index contributed by atoms with van der Waals surface area (Å²) in [5.41, 5.74) is 8.51. The summed E-state index contributed by atoms with van der Waals surface area (Å²) in [6.45, 7) is 6.62. The van der Waals surface area contributed by atoms with Crippen LogP contribution in [0.3, 0.4) is 0 Å². The van der Waals surface area contributed by atoms with E-state index in [-0.39, 0.29) is 6.04 Å². The molecular formula is C13H20N2O2S. The first kappa shape index (κ1) is 13.5. The fraction of sp³-hybridized carbons (Fsp3) is 0.538. The van der Waals surface area contributed by atoms with Gasteiger partial charge in [-0.25, -0.2) is 8.42 Å². The average Bonchev–Trinajstić information content (AvgIpc) is 2.63. The van der Waals surface area contributed by atoms with Crippen LogP contribution in [0.2, 0.25) is 0 Å². The summed E-state index contributed by atoms with van der Waals surface area (Å²) in [5.74, 6) is 0. The molecule has 0 aromatic heterocycles. The van der Waals surface area contributed by atoms with Crippen LogP contribution in [0.5, 0.6) is 0 Å². The van der Waals surface area contributed by atoms with Gasteiger partial charge in [0.05, 0.1) is 4.90 Å². The van der Waals surface area contributed by atoms with Crippen LogP contribution in [0.15, 0.2) is 17.0 Å². The number of nitrogens with two attached hydrogens (primary N) is 1. The Hall–Kier alpha value is -0.910. The predicted octanol–water partition coefficient (Wildman–Crippen LogP) is 1.33. The van der Waals surface area contributed by atoms with Crippen molar-refractivity contribution in [2.24, 2.45) is 5.73 Å². The Balaban J connectivity index is 2.48. The van der Waals surface area contributed by atoms with E-state index < -0.39 is 10.0 Å². The number of sulfonamides is 1. The predicted molar refractivity (Wildman–Crippen MR) is 72.0 cm³/mol. The minimum Gasteiger partial charge on any atom is -0.326 e. The molecule has 2 N–H and O–H groups in total. The number of rotatable bonds is 2. The molecule has 1 heterocycles. The Labute approximate surface area is 109 Å². The van der Waals surface area contributed by atoms with Gasteiger partial charge in [-0.1, -0.05) is 17.7 Å². The lowest BCUT2D eigenvalue weighted by Crippen LogP contribution is -2.32. The van der Waals surface area contributed by atoms with Crippen molar-refractivity contribution in [1.82, 2.24) is 4.31 Å². The lowest BCUT2D eigenvalue weighted by atomic mass is 10.1. The topological polar surface area (TPSA) is 63.4 Å². The summed E-state index contributed by atoms with van der Waals surface area (Å²) in [4.78, 5) is 0.446. The van der Waals surface area contributed by atoms with Gasteiger partial charge in [-0.05, 0) is 38.3 Å². The first-order valence-corrected chi connectivity index (χ1v) is 7.60. The highest BCUT2D eigenvalue weighted by atomic mass is 32.2. The van der Waals surface area contributed by atoms with Gasteiger partial charge in [0.25, 0.3) is 0 Å². The highest BCUT2D eigenvalue weighted by Crippen LogP contribution is 2.27. The van der Waals surface area contributed by atoms with Gasteiger partial charge in [-0.3, -0.25) is 0 Å². The van der Waals surface area contributed by atoms with Gasteiger partial charge >= 0.3 is 0 Å². The Bertz CT molecular complexity index is 543. The van der Waals surface area contributed by atoms with Crippen LogP contribution in [-0.2, 0) is 10.0 Å². The third-order valence-electron chi connectivity index (χ3n) is 3.39. The van der Waals surface area contributed by atoms with Crippen LogP contribution in [-0.4, -0.2) is 31.9 Å². The van der Waals surface area contributed by atoms with Crippen LogP contribution < -0.4 is 5.73 Å². The lowest BCUT2D eigenvalue weighted by Gasteiger charge is -2.19. The van der Waals surface area contributed by atoms with Crippen molar-refractivity contribution in [3.05, 3.63) is 28.8 Å². The van der Waals surface area contributed by atoms with E-state index in [4.69, 9.17) is 5.73 Å². The highest BCUT2D eigenvalue weighted by Gasteiger charge is 2.32. The number of hydrogen-bond acceptors (Lipinski definition) is 3. The molecule has 18 heavy (non-hydrogen) atoms. The molecule has 0 aliphatic carbocycles. The van der Waals surface area contributed by atoms with Gasteiger partial charge in [-0.2, -0.15) is 4.31 Å². The lowest BCUT2D eigenvalue weighted by molar-refractivity contribution is 0.471. The van der Waals surface area contributed by atoms with E-state index in [0.717, 1.165) is 23.1 Å². The maximum Gasteiger partial charge on any atom is 0.243 e. The zero-order chi connectivity index (χ0) is 13.5. The zero-order valence-corrected chi connectivity index (χ0v) is 11.9. The van der Waals surface area contributed by atoms with E-state index in [2.05, 4.69) is 0 Å². The van der Waals surface area contributed by atoms with Gasteiger partial charge < -0.3 is 5.73 Å². The highest BCUT2D eigenvalue weighted by molar-refractivity contribution is 7.89. The van der Waals surface area contributed by atoms with E-state index in [1.807, 2.05) is 32.9 Å². The molecule has 100 valence electrons. The number of benzene rings is 1. The second kappa shape index (κ2) is 4.64. The maximum atomic E-state index is 12.6. The van der Waals surface area contributed by atoms with Gasteiger partial charge in [0.1, 0.15) is 0 Å². The average molecular weight is 268 g/mol. The van der Waals surface area contributed by atoms with Gasteiger partial charge in [0.2, 0.25) is 10.0 Å². The number of hydrogen-bond donors (Lipinski definition) is 1. The van der Waals surface area contributed by atoms with E-state index >= 15 is 0 Å². The SMILES string of the molecule is Cc1cc(C)c(S(=O)(=O)N2CC[C@@H](N)C2)c(C)c1. The van der Waals surface area contributed by atoms with Crippen molar-refractivity contribution >= 4 is 10.0 Å². The van der Waals surface area contributed by atoms with Crippen molar-refractivity contribution in [3.8, 4) is 0 Å². The third-order valence-corrected chi connectivity index (χ3v) is 5.56. The Morgan fingerprint density at radius 1 is 1.22 bits per heavy atom. The summed E-state index contributed by atoms with van der Waals surface area (Å²) in [7, 11) is -3.40. The van der Waals surface area contributed by atoms with E-state index in [1.165, 1.54) is 4.31 Å². The number of aryl methyl sites for hydroxylation is 3. The summed E-state index contributed by atoms with van der Waals surface area (Å²) >= 11 is 0. The van der Waals surface area contributed by atoms with E-state index in [0.29, 0.717) is 18.0 Å². The fourth-order valence-electron chi connectivity index (χ4n) is 2.68. The molecule has 1 saturated heterocycles. The van der Waals surface area contributed by atoms with Crippen molar-refractivity contribution < 1.29 is 8.42 Å². The van der Waals surface area contributed by atoms with Crippen LogP contribution in [0.4, 0.5) is 0 Å². The summed E-state index contributed by atoms with van der Waals surface area (Å²) in [5, 5.41) is 0. The quantitative estimate of drug-likeness (QED) is 0.880. The first-order valence-electron chi connectivity index (χ1n) is 6.16. The smallest absolute Gasteiger partial charge is 0.243 e. The van der Waals surface area contributed by atoms with Crippen molar-refractivity contribution in [2.75, 3.05) is 13.1 Å². The minimum absolute atomic E-state index is 0.0363. The molecule has 1 fully saturated rings. The monoisotopic (exact) mass is 268 g/mol. The van der Waals surface area contributed by atoms with Crippen molar-refractivity contribution in [2.45, 2.75) is 38.1 Å². The largest absolute Gasteiger partial charge is 0.326 e. The maximum absolute atomic E-state index is 12.6. The Morgan fingerprint density at radius 3 is 2.22 bits per heavy atom. The van der Waals surface area contributed by atoms with Crippen LogP contribution in [0.1, 0.15) is 23.1 Å². The molecule has 2 rings (SSSR count). The molecule has 1 aromatic carbocycles. The molecule has 0 unspecified atom stereocenters. The molecule has 0 spiro atoms. The standard InChI is InChI=1S/C13H20N2O2S/c1-9-6-10(2)13(11(3)7-9)18(16,17)15-5-4-12(14)8-15/h6-7,12H,4-5,8,14H2,1-3H3/t12-/m1/s1. The Morgan fingerprint density at radius 2 is 1.78 bits per heavy atom. The number of nitrogens with zero attached hydrogens (tertiary/aromatic N) is 1. The first-order chi connectivity index (χ1) is 8.32. The van der Waals surface area contributed by atoms with Gasteiger partial charge in [0.15, 0.2) is 0 Å². The minimum atomic E-state index is -3.40. The summed E-state index contributed by atoms with van der Waals surface area (Å²) in [6, 6.07) is 3.79. The molecule has 0 radical (unpaired) electrons. The molecule has 5 heteroatoms. The molecular weight excluding hydrogens is 248 g/mol. The molecule has 1 aliphatic heterocycles. The summed E-state index contributed by atoms with van der Waals surface area (Å²) in [6.07, 6.45) is 0.739. The second-order valence-electron chi connectivity index (χ2n) is 5.14. The molecule has 4 nitrogen and oxygen atoms in total. The molecule has 0 saturated carbocycles. The van der Waals surface area contributed by atoms with Gasteiger partial charge in [-0.15, -0.1) is 0 Å². The van der Waals surface area contributed by atoms with E-state index in [1.54, 1.807) is 0 Å². The van der Waals surface area contributed by atoms with Crippen LogP contribution in [0.25, 0.3) is 0 Å². The third kappa shape index (κ3) is 2.30. The van der Waals surface area contributed by atoms with Crippen molar-refractivity contribution in [3.63, 3.8) is 0 Å². The summed E-state index contributed by atoms with van der Waals surface area (Å²) < 4.78 is 26.7. The van der Waals surface area contributed by atoms with Gasteiger partial charge in [0, 0.05) is 19.1 Å². The molecule has 1 aromatic rings.